The number of benzene rings is 4. The molecule has 0 saturated carbocycles. The van der Waals surface area contributed by atoms with Crippen molar-refractivity contribution in [3.05, 3.63) is 117 Å². The maximum absolute atomic E-state index is 5.82. The van der Waals surface area contributed by atoms with Gasteiger partial charge in [0.1, 0.15) is 0 Å². The molecule has 0 unspecified atom stereocenters. The van der Waals surface area contributed by atoms with Crippen LogP contribution in [0.2, 0.25) is 0 Å². The van der Waals surface area contributed by atoms with Crippen LogP contribution in [-0.2, 0) is 51.4 Å². The highest BCUT2D eigenvalue weighted by Gasteiger charge is 2.22. The lowest BCUT2D eigenvalue weighted by molar-refractivity contribution is 0.302. The molecular formula is C52H80N8. The Morgan fingerprint density at radius 2 is 0.567 bits per heavy atom. The van der Waals surface area contributed by atoms with E-state index in [2.05, 4.69) is 125 Å². The smallest absolute Gasteiger partial charge is 0.0316 e. The van der Waals surface area contributed by atoms with Crippen molar-refractivity contribution >= 4 is 22.7 Å². The Bertz CT molecular complexity index is 1790. The molecule has 0 aliphatic heterocycles. The van der Waals surface area contributed by atoms with Gasteiger partial charge >= 0.3 is 0 Å². The molecule has 8 heteroatoms. The average molecular weight is 817 g/mol. The van der Waals surface area contributed by atoms with Gasteiger partial charge in [0.15, 0.2) is 0 Å². The molecule has 0 amide bonds. The molecule has 0 spiro atoms. The molecule has 0 bridgehead atoms. The number of nitrogen functional groups attached to an aromatic ring is 4. The van der Waals surface area contributed by atoms with Gasteiger partial charge in [0.25, 0.3) is 0 Å². The number of fused-ring (bicyclic) bond motifs is 4. The SMILES string of the molecule is CN(C)C[C@@H]1CCc2cc(N)ccc2C1.CN(C)C[C@@H]1CCc2ccc(N)cc2C1.CN(C)C[C@H]1CCc2cc(N)ccc2C1.CN(C)C[C@H]1CCc2ccc(N)cc2C1. The Labute approximate surface area is 364 Å². The van der Waals surface area contributed by atoms with E-state index in [1.54, 1.807) is 0 Å². The molecule has 4 atom stereocenters. The number of nitrogens with two attached hydrogens (primary N) is 4. The van der Waals surface area contributed by atoms with Crippen molar-refractivity contribution in [1.82, 2.24) is 19.6 Å². The number of nitrogens with zero attached hydrogens (tertiary/aromatic N) is 4. The monoisotopic (exact) mass is 817 g/mol. The van der Waals surface area contributed by atoms with Gasteiger partial charge in [-0.1, -0.05) is 24.3 Å². The first kappa shape index (κ1) is 47.0. The Hall–Kier alpha value is -4.08. The quantitative estimate of drug-likeness (QED) is 0.134. The standard InChI is InChI=1S/4C13H20N2/c2*1-15(2)9-10-3-4-12-8-13(14)6-5-11(12)7-10;2*1-15(2)9-10-3-4-11-5-6-13(14)8-12(11)7-10/h4*5-6,8,10H,3-4,7,9,14H2,1-2H3/t4*10-/m1010/s1. The van der Waals surface area contributed by atoms with Crippen molar-refractivity contribution in [3.8, 4) is 0 Å². The lowest BCUT2D eigenvalue weighted by atomic mass is 9.83. The van der Waals surface area contributed by atoms with Crippen LogP contribution in [0.3, 0.4) is 0 Å². The average Bonchev–Trinajstić information content (AvgIpc) is 3.17. The van der Waals surface area contributed by atoms with Crippen LogP contribution in [0.4, 0.5) is 22.7 Å². The van der Waals surface area contributed by atoms with Crippen LogP contribution in [0.5, 0.6) is 0 Å². The minimum atomic E-state index is 0.800. The van der Waals surface area contributed by atoms with Crippen molar-refractivity contribution in [2.45, 2.75) is 77.0 Å². The van der Waals surface area contributed by atoms with E-state index in [-0.39, 0.29) is 0 Å². The largest absolute Gasteiger partial charge is 0.399 e. The van der Waals surface area contributed by atoms with Crippen LogP contribution in [0, 0.1) is 23.7 Å². The summed E-state index contributed by atoms with van der Waals surface area (Å²) in [6.45, 7) is 4.77. The van der Waals surface area contributed by atoms with E-state index in [1.807, 2.05) is 24.3 Å². The van der Waals surface area contributed by atoms with E-state index < -0.39 is 0 Å². The summed E-state index contributed by atoms with van der Waals surface area (Å²) in [6, 6.07) is 25.5. The van der Waals surface area contributed by atoms with Gasteiger partial charge in [-0.2, -0.15) is 0 Å². The van der Waals surface area contributed by atoms with E-state index in [0.717, 1.165) is 46.4 Å². The number of anilines is 4. The van der Waals surface area contributed by atoms with E-state index in [1.165, 1.54) is 148 Å². The molecule has 0 fully saturated rings. The lowest BCUT2D eigenvalue weighted by Gasteiger charge is -2.27. The van der Waals surface area contributed by atoms with E-state index in [9.17, 15) is 0 Å². The normalized spacial score (nSPS) is 20.3. The first-order valence-electron chi connectivity index (χ1n) is 22.7. The van der Waals surface area contributed by atoms with Crippen LogP contribution in [0.1, 0.15) is 70.2 Å². The fraction of sp³-hybridized carbons (Fsp3) is 0.538. The van der Waals surface area contributed by atoms with Crippen LogP contribution < -0.4 is 22.9 Å². The fourth-order valence-electron chi connectivity index (χ4n) is 10.1. The summed E-state index contributed by atoms with van der Waals surface area (Å²) in [5.74, 6) is 3.23. The Morgan fingerprint density at radius 1 is 0.333 bits per heavy atom. The minimum Gasteiger partial charge on any atom is -0.399 e. The molecule has 328 valence electrons. The molecule has 0 heterocycles. The predicted octanol–water partition coefficient (Wildman–Crippen LogP) is 7.74. The molecule has 8 N–H and O–H groups in total. The maximum atomic E-state index is 5.82. The van der Waals surface area contributed by atoms with Crippen molar-refractivity contribution in [3.63, 3.8) is 0 Å². The van der Waals surface area contributed by atoms with Crippen LogP contribution in [0.15, 0.2) is 72.8 Å². The molecule has 60 heavy (non-hydrogen) atoms. The maximum Gasteiger partial charge on any atom is 0.0316 e. The summed E-state index contributed by atoms with van der Waals surface area (Å²) >= 11 is 0. The summed E-state index contributed by atoms with van der Waals surface area (Å²) in [7, 11) is 17.2. The van der Waals surface area contributed by atoms with Gasteiger partial charge in [0, 0.05) is 48.9 Å². The van der Waals surface area contributed by atoms with Gasteiger partial charge in [-0.3, -0.25) is 0 Å². The van der Waals surface area contributed by atoms with Crippen LogP contribution >= 0.6 is 0 Å². The molecular weight excluding hydrogens is 737 g/mol. The van der Waals surface area contributed by atoms with Crippen molar-refractivity contribution in [2.24, 2.45) is 23.7 Å². The number of aryl methyl sites for hydroxylation is 4. The Kier molecular flexibility index (Phi) is 17.8. The predicted molar refractivity (Wildman–Crippen MR) is 260 cm³/mol. The third-order valence-corrected chi connectivity index (χ3v) is 12.7. The first-order chi connectivity index (χ1) is 28.6. The zero-order valence-electron chi connectivity index (χ0n) is 38.6. The second-order valence-electron chi connectivity index (χ2n) is 19.6. The summed E-state index contributed by atoms with van der Waals surface area (Å²) in [5, 5.41) is 0. The lowest BCUT2D eigenvalue weighted by Crippen LogP contribution is -2.26. The van der Waals surface area contributed by atoms with E-state index >= 15 is 0 Å². The molecule has 4 aliphatic rings. The van der Waals surface area contributed by atoms with Gasteiger partial charge in [0.2, 0.25) is 0 Å². The Morgan fingerprint density at radius 3 is 0.850 bits per heavy atom. The molecule has 0 saturated heterocycles. The number of rotatable bonds is 8. The topological polar surface area (TPSA) is 117 Å². The summed E-state index contributed by atoms with van der Waals surface area (Å²) in [4.78, 5) is 9.13. The summed E-state index contributed by atoms with van der Waals surface area (Å²) in [5.41, 5.74) is 38.7. The van der Waals surface area contributed by atoms with Crippen LogP contribution in [-0.4, -0.2) is 102 Å². The van der Waals surface area contributed by atoms with Crippen molar-refractivity contribution in [2.75, 3.05) is 105 Å². The highest BCUT2D eigenvalue weighted by Crippen LogP contribution is 2.30. The van der Waals surface area contributed by atoms with Gasteiger partial charge in [0.05, 0.1) is 0 Å². The number of hydrogen-bond donors (Lipinski definition) is 4. The third-order valence-electron chi connectivity index (χ3n) is 12.7. The van der Waals surface area contributed by atoms with E-state index in [0.29, 0.717) is 0 Å². The molecule has 4 aromatic rings. The summed E-state index contributed by atoms with van der Waals surface area (Å²) < 4.78 is 0. The molecule has 4 aromatic carbocycles. The van der Waals surface area contributed by atoms with Crippen molar-refractivity contribution < 1.29 is 0 Å². The highest BCUT2D eigenvalue weighted by atomic mass is 15.1. The third kappa shape index (κ3) is 15.1. The molecule has 0 aromatic heterocycles. The van der Waals surface area contributed by atoms with Gasteiger partial charge in [-0.15, -0.1) is 0 Å². The molecule has 8 nitrogen and oxygen atoms in total. The second kappa shape index (κ2) is 22.7. The first-order valence-corrected chi connectivity index (χ1v) is 22.7. The zero-order valence-corrected chi connectivity index (χ0v) is 38.6. The van der Waals surface area contributed by atoms with Gasteiger partial charge in [-0.25, -0.2) is 0 Å². The fourth-order valence-corrected chi connectivity index (χ4v) is 10.1. The van der Waals surface area contributed by atoms with Crippen molar-refractivity contribution in [1.29, 1.82) is 0 Å². The highest BCUT2D eigenvalue weighted by molar-refractivity contribution is 5.48. The number of hydrogen-bond acceptors (Lipinski definition) is 8. The molecule has 4 aliphatic carbocycles. The van der Waals surface area contributed by atoms with Gasteiger partial charge in [-0.05, 0) is 250 Å². The van der Waals surface area contributed by atoms with Crippen LogP contribution in [0.25, 0.3) is 0 Å². The minimum absolute atomic E-state index is 0.800. The Balaban J connectivity index is 0.000000152. The molecule has 0 radical (unpaired) electrons. The second-order valence-corrected chi connectivity index (χ2v) is 19.6. The molecule has 8 rings (SSSR count). The van der Waals surface area contributed by atoms with E-state index in [4.69, 9.17) is 22.9 Å². The zero-order chi connectivity index (χ0) is 43.3. The van der Waals surface area contributed by atoms with Gasteiger partial charge < -0.3 is 42.5 Å². The summed E-state index contributed by atoms with van der Waals surface area (Å²) in [6.07, 6.45) is 14.9.